The van der Waals surface area contributed by atoms with Crippen molar-refractivity contribution in [1.82, 2.24) is 0 Å². The van der Waals surface area contributed by atoms with E-state index in [2.05, 4.69) is 0 Å². The molecule has 2 heterocycles. The highest BCUT2D eigenvalue weighted by atomic mass is 16.3. The van der Waals surface area contributed by atoms with Gasteiger partial charge in [0, 0.05) is 0 Å². The average Bonchev–Trinajstić information content (AvgIpc) is 2.82. The van der Waals surface area contributed by atoms with Gasteiger partial charge in [0.05, 0.1) is 6.26 Å². The van der Waals surface area contributed by atoms with Crippen LogP contribution in [0.25, 0.3) is 0 Å². The first-order chi connectivity index (χ1) is 7.18. The molecule has 2 nitrogen and oxygen atoms in total. The Labute approximate surface area is 91.9 Å². The first-order valence-corrected chi connectivity index (χ1v) is 5.21. The molecule has 15 heavy (non-hydrogen) atoms. The van der Waals surface area contributed by atoms with Gasteiger partial charge in [-0.05, 0) is 45.0 Å². The summed E-state index contributed by atoms with van der Waals surface area (Å²) in [5, 5.41) is 0. The number of rotatable bonds is 0. The lowest BCUT2D eigenvalue weighted by atomic mass is 10.5. The van der Waals surface area contributed by atoms with Gasteiger partial charge in [0.1, 0.15) is 17.3 Å². The van der Waals surface area contributed by atoms with Crippen molar-refractivity contribution >= 4 is 0 Å². The molecular formula is C13H20O2. The van der Waals surface area contributed by atoms with Crippen molar-refractivity contribution < 1.29 is 8.83 Å². The van der Waals surface area contributed by atoms with E-state index in [1.807, 2.05) is 58.9 Å². The first kappa shape index (κ1) is 13.6. The summed E-state index contributed by atoms with van der Waals surface area (Å²) >= 11 is 0. The Morgan fingerprint density at radius 3 is 1.47 bits per heavy atom. The third kappa shape index (κ3) is 6.61. The van der Waals surface area contributed by atoms with E-state index < -0.39 is 0 Å². The molecule has 0 bridgehead atoms. The highest BCUT2D eigenvalue weighted by Gasteiger charge is 1.85. The molecule has 0 fully saturated rings. The number of hydrogen-bond donors (Lipinski definition) is 0. The summed E-state index contributed by atoms with van der Waals surface area (Å²) < 4.78 is 9.92. The molecular weight excluding hydrogens is 188 g/mol. The van der Waals surface area contributed by atoms with E-state index in [0.29, 0.717) is 0 Å². The third-order valence-corrected chi connectivity index (χ3v) is 1.54. The quantitative estimate of drug-likeness (QED) is 0.636. The fourth-order valence-corrected chi connectivity index (χ4v) is 0.917. The van der Waals surface area contributed by atoms with E-state index in [4.69, 9.17) is 8.83 Å². The molecule has 0 spiro atoms. The summed E-state index contributed by atoms with van der Waals surface area (Å²) in [5.41, 5.74) is 0. The van der Waals surface area contributed by atoms with Gasteiger partial charge in [-0.3, -0.25) is 0 Å². The standard InChI is InChI=1S/C6H8O.C5H6O.C2H6/c1-5-3-4-6(2)7-5;1-5-3-2-4-6-5;1-2/h3-4H,1-2H3;2-4H,1H3;1-2H3. The maximum absolute atomic E-state index is 5.08. The van der Waals surface area contributed by atoms with Crippen molar-refractivity contribution in [3.63, 3.8) is 0 Å². The number of hydrogen-bond acceptors (Lipinski definition) is 2. The molecule has 0 radical (unpaired) electrons. The molecule has 0 amide bonds. The highest BCUT2D eigenvalue weighted by molar-refractivity contribution is 5.02. The zero-order valence-electron chi connectivity index (χ0n) is 10.2. The molecule has 0 atom stereocenters. The molecule has 0 aromatic carbocycles. The van der Waals surface area contributed by atoms with Gasteiger partial charge in [-0.2, -0.15) is 0 Å². The lowest BCUT2D eigenvalue weighted by Gasteiger charge is -1.76. The SMILES string of the molecule is CC.Cc1ccc(C)o1.Cc1ccco1. The molecule has 0 aliphatic carbocycles. The smallest absolute Gasteiger partial charge is 0.101 e. The van der Waals surface area contributed by atoms with Crippen LogP contribution in [0.5, 0.6) is 0 Å². The molecule has 0 unspecified atom stereocenters. The number of aryl methyl sites for hydroxylation is 3. The Bertz CT molecular complexity index is 315. The third-order valence-electron chi connectivity index (χ3n) is 1.54. The van der Waals surface area contributed by atoms with Crippen LogP contribution in [0.3, 0.4) is 0 Å². The van der Waals surface area contributed by atoms with Crippen LogP contribution in [0.2, 0.25) is 0 Å². The van der Waals surface area contributed by atoms with Gasteiger partial charge in [0.2, 0.25) is 0 Å². The Morgan fingerprint density at radius 2 is 1.33 bits per heavy atom. The zero-order valence-corrected chi connectivity index (χ0v) is 10.2. The second-order valence-corrected chi connectivity index (χ2v) is 2.88. The molecule has 2 heteroatoms. The van der Waals surface area contributed by atoms with Crippen LogP contribution in [-0.2, 0) is 0 Å². The molecule has 0 aliphatic rings. The van der Waals surface area contributed by atoms with Crippen LogP contribution >= 0.6 is 0 Å². The molecule has 0 saturated carbocycles. The second-order valence-electron chi connectivity index (χ2n) is 2.88. The van der Waals surface area contributed by atoms with Gasteiger partial charge in [-0.25, -0.2) is 0 Å². The van der Waals surface area contributed by atoms with E-state index >= 15 is 0 Å². The van der Waals surface area contributed by atoms with Crippen molar-refractivity contribution in [2.24, 2.45) is 0 Å². The van der Waals surface area contributed by atoms with Gasteiger partial charge >= 0.3 is 0 Å². The Balaban J connectivity index is 0.000000227. The van der Waals surface area contributed by atoms with Crippen molar-refractivity contribution in [1.29, 1.82) is 0 Å². The molecule has 2 aromatic rings. The summed E-state index contributed by atoms with van der Waals surface area (Å²) in [4.78, 5) is 0. The van der Waals surface area contributed by atoms with Crippen LogP contribution < -0.4 is 0 Å². The lowest BCUT2D eigenvalue weighted by Crippen LogP contribution is -1.53. The largest absolute Gasteiger partial charge is 0.470 e. The summed E-state index contributed by atoms with van der Waals surface area (Å²) in [5.74, 6) is 2.94. The highest BCUT2D eigenvalue weighted by Crippen LogP contribution is 2.02. The maximum atomic E-state index is 5.08. The number of furan rings is 2. The fraction of sp³-hybridized carbons (Fsp3) is 0.385. The normalized spacial score (nSPS) is 8.33. The van der Waals surface area contributed by atoms with Crippen molar-refractivity contribution in [3.8, 4) is 0 Å². The van der Waals surface area contributed by atoms with E-state index in [-0.39, 0.29) is 0 Å². The van der Waals surface area contributed by atoms with Gasteiger partial charge < -0.3 is 8.83 Å². The van der Waals surface area contributed by atoms with Crippen LogP contribution in [0.4, 0.5) is 0 Å². The van der Waals surface area contributed by atoms with Crippen molar-refractivity contribution in [2.45, 2.75) is 34.6 Å². The van der Waals surface area contributed by atoms with Crippen molar-refractivity contribution in [3.05, 3.63) is 47.8 Å². The average molecular weight is 208 g/mol. The molecule has 0 aliphatic heterocycles. The van der Waals surface area contributed by atoms with Gasteiger partial charge in [-0.15, -0.1) is 0 Å². The molecule has 2 rings (SSSR count). The minimum absolute atomic E-state index is 0.968. The fourth-order valence-electron chi connectivity index (χ4n) is 0.917. The van der Waals surface area contributed by atoms with Gasteiger partial charge in [0.15, 0.2) is 0 Å². The molecule has 0 N–H and O–H groups in total. The van der Waals surface area contributed by atoms with E-state index in [1.54, 1.807) is 6.26 Å². The first-order valence-electron chi connectivity index (χ1n) is 5.21. The minimum atomic E-state index is 0.968. The Morgan fingerprint density at radius 1 is 0.800 bits per heavy atom. The van der Waals surface area contributed by atoms with Crippen LogP contribution in [0, 0.1) is 20.8 Å². The van der Waals surface area contributed by atoms with Crippen LogP contribution in [0.1, 0.15) is 31.1 Å². The van der Waals surface area contributed by atoms with Gasteiger partial charge in [-0.1, -0.05) is 13.8 Å². The second kappa shape index (κ2) is 7.92. The van der Waals surface area contributed by atoms with Crippen LogP contribution in [-0.4, -0.2) is 0 Å². The summed E-state index contributed by atoms with van der Waals surface area (Å²) in [6, 6.07) is 7.69. The van der Waals surface area contributed by atoms with E-state index in [1.165, 1.54) is 0 Å². The van der Waals surface area contributed by atoms with E-state index in [9.17, 15) is 0 Å². The van der Waals surface area contributed by atoms with Gasteiger partial charge in [0.25, 0.3) is 0 Å². The predicted octanol–water partition coefficient (Wildman–Crippen LogP) is 4.51. The summed E-state index contributed by atoms with van der Waals surface area (Å²) in [6.07, 6.45) is 1.66. The monoisotopic (exact) mass is 208 g/mol. The maximum Gasteiger partial charge on any atom is 0.101 e. The lowest BCUT2D eigenvalue weighted by molar-refractivity contribution is 0.504. The summed E-state index contributed by atoms with van der Waals surface area (Å²) in [7, 11) is 0. The Kier molecular flexibility index (Phi) is 7.16. The topological polar surface area (TPSA) is 26.3 Å². The molecule has 84 valence electrons. The van der Waals surface area contributed by atoms with Crippen LogP contribution in [0.15, 0.2) is 39.4 Å². The minimum Gasteiger partial charge on any atom is -0.470 e. The predicted molar refractivity (Wildman–Crippen MR) is 63.0 cm³/mol. The summed E-state index contributed by atoms with van der Waals surface area (Å²) in [6.45, 7) is 9.79. The Hall–Kier alpha value is -1.44. The van der Waals surface area contributed by atoms with E-state index in [0.717, 1.165) is 17.3 Å². The molecule has 2 aromatic heterocycles. The molecule has 0 saturated heterocycles. The van der Waals surface area contributed by atoms with Crippen molar-refractivity contribution in [2.75, 3.05) is 0 Å². The zero-order chi connectivity index (χ0) is 11.7.